The van der Waals surface area contributed by atoms with Gasteiger partial charge in [-0.05, 0) is 23.5 Å². The molecule has 0 aliphatic heterocycles. The largest absolute Gasteiger partial charge is 0.343 e. The summed E-state index contributed by atoms with van der Waals surface area (Å²) in [5.74, 6) is -1.22. The van der Waals surface area contributed by atoms with Gasteiger partial charge in [-0.2, -0.15) is 0 Å². The van der Waals surface area contributed by atoms with Crippen molar-refractivity contribution < 1.29 is 14.8 Å². The summed E-state index contributed by atoms with van der Waals surface area (Å²) in [6.07, 6.45) is 0.439. The average molecular weight is 340 g/mol. The molecule has 1 atom stereocenters. The van der Waals surface area contributed by atoms with E-state index < -0.39 is 17.9 Å². The van der Waals surface area contributed by atoms with E-state index in [-0.39, 0.29) is 11.8 Å². The Morgan fingerprint density at radius 1 is 0.880 bits per heavy atom. The van der Waals surface area contributed by atoms with Crippen molar-refractivity contribution in [3.05, 3.63) is 71.8 Å². The van der Waals surface area contributed by atoms with Crippen LogP contribution in [0.3, 0.4) is 0 Å². The normalized spacial score (nSPS) is 12.0. The van der Waals surface area contributed by atoms with E-state index in [1.807, 2.05) is 74.5 Å². The molecular formula is C20H24N2O3. The zero-order valence-corrected chi connectivity index (χ0v) is 14.5. The summed E-state index contributed by atoms with van der Waals surface area (Å²) in [5.41, 5.74) is 3.33. The molecule has 0 radical (unpaired) electrons. The quantitative estimate of drug-likeness (QED) is 0.536. The van der Waals surface area contributed by atoms with E-state index in [9.17, 15) is 9.59 Å². The highest BCUT2D eigenvalue weighted by atomic mass is 16.5. The molecule has 0 heterocycles. The molecule has 0 bridgehead atoms. The van der Waals surface area contributed by atoms with Gasteiger partial charge in [-0.25, -0.2) is 5.48 Å². The maximum Gasteiger partial charge on any atom is 0.265 e. The van der Waals surface area contributed by atoms with Crippen molar-refractivity contribution in [3.8, 4) is 0 Å². The van der Waals surface area contributed by atoms with Gasteiger partial charge in [0.2, 0.25) is 5.91 Å². The van der Waals surface area contributed by atoms with E-state index in [0.29, 0.717) is 6.42 Å². The van der Waals surface area contributed by atoms with Gasteiger partial charge in [-0.1, -0.05) is 74.5 Å². The van der Waals surface area contributed by atoms with Crippen LogP contribution in [0.5, 0.6) is 0 Å². The minimum absolute atomic E-state index is 0.189. The van der Waals surface area contributed by atoms with E-state index in [2.05, 4.69) is 5.32 Å². The van der Waals surface area contributed by atoms with Crippen LogP contribution in [0, 0.1) is 5.92 Å². The maximum absolute atomic E-state index is 13.0. The molecule has 0 aliphatic carbocycles. The fourth-order valence-electron chi connectivity index (χ4n) is 2.82. The molecular weight excluding hydrogens is 316 g/mol. The van der Waals surface area contributed by atoms with Gasteiger partial charge in [0.25, 0.3) is 5.91 Å². The third-order valence-corrected chi connectivity index (χ3v) is 3.98. The summed E-state index contributed by atoms with van der Waals surface area (Å²) in [4.78, 5) is 24.9. The molecule has 132 valence electrons. The molecule has 0 aliphatic rings. The second-order valence-electron chi connectivity index (χ2n) is 6.42. The molecule has 2 aromatic carbocycles. The Bertz CT molecular complexity index is 647. The number of hydrogen-bond acceptors (Lipinski definition) is 3. The van der Waals surface area contributed by atoms with Crippen molar-refractivity contribution in [2.24, 2.45) is 5.92 Å². The van der Waals surface area contributed by atoms with Gasteiger partial charge in [-0.15, -0.1) is 0 Å². The lowest BCUT2D eigenvalue weighted by atomic mass is 9.90. The number of rotatable bonds is 7. The minimum Gasteiger partial charge on any atom is -0.343 e. The molecule has 1 unspecified atom stereocenters. The van der Waals surface area contributed by atoms with Crippen molar-refractivity contribution in [3.63, 3.8) is 0 Å². The van der Waals surface area contributed by atoms with Gasteiger partial charge in [-0.3, -0.25) is 14.8 Å². The fraction of sp³-hybridized carbons (Fsp3) is 0.300. The number of nitrogens with one attached hydrogen (secondary N) is 2. The highest BCUT2D eigenvalue weighted by molar-refractivity contribution is 5.92. The topological polar surface area (TPSA) is 78.4 Å². The van der Waals surface area contributed by atoms with Gasteiger partial charge >= 0.3 is 0 Å². The van der Waals surface area contributed by atoms with E-state index in [1.54, 1.807) is 5.48 Å². The lowest BCUT2D eigenvalue weighted by Crippen LogP contribution is -2.48. The standard InChI is InChI=1S/C20H24N2O3/c1-14(2)13-17(19(23)22-25)21-20(24)18(15-9-5-3-6-10-15)16-11-7-4-8-12-16/h3-12,14,17-18,25H,13H2,1-2H3,(H,21,24)(H,22,23). The van der Waals surface area contributed by atoms with E-state index >= 15 is 0 Å². The Morgan fingerprint density at radius 2 is 1.36 bits per heavy atom. The molecule has 3 N–H and O–H groups in total. The molecule has 0 saturated heterocycles. The zero-order valence-electron chi connectivity index (χ0n) is 14.5. The van der Waals surface area contributed by atoms with Crippen LogP contribution in [0.4, 0.5) is 0 Å². The molecule has 0 fully saturated rings. The van der Waals surface area contributed by atoms with Crippen LogP contribution in [0.1, 0.15) is 37.3 Å². The molecule has 0 saturated carbocycles. The van der Waals surface area contributed by atoms with Crippen LogP contribution in [0.15, 0.2) is 60.7 Å². The van der Waals surface area contributed by atoms with E-state index in [4.69, 9.17) is 5.21 Å². The Morgan fingerprint density at radius 3 is 1.76 bits per heavy atom. The predicted molar refractivity (Wildman–Crippen MR) is 96.0 cm³/mol. The van der Waals surface area contributed by atoms with Crippen molar-refractivity contribution in [2.75, 3.05) is 0 Å². The van der Waals surface area contributed by atoms with Gasteiger partial charge in [0.1, 0.15) is 6.04 Å². The Kier molecular flexibility index (Phi) is 6.71. The molecule has 0 spiro atoms. The first kappa shape index (κ1) is 18.7. The fourth-order valence-corrected chi connectivity index (χ4v) is 2.82. The van der Waals surface area contributed by atoms with Crippen molar-refractivity contribution >= 4 is 11.8 Å². The van der Waals surface area contributed by atoms with Gasteiger partial charge in [0.05, 0.1) is 5.92 Å². The molecule has 2 amide bonds. The van der Waals surface area contributed by atoms with E-state index in [0.717, 1.165) is 11.1 Å². The maximum atomic E-state index is 13.0. The summed E-state index contributed by atoms with van der Waals surface area (Å²) >= 11 is 0. The van der Waals surface area contributed by atoms with Crippen LogP contribution in [-0.4, -0.2) is 23.1 Å². The predicted octanol–water partition coefficient (Wildman–Crippen LogP) is 2.85. The van der Waals surface area contributed by atoms with Crippen LogP contribution in [0.2, 0.25) is 0 Å². The smallest absolute Gasteiger partial charge is 0.265 e. The highest BCUT2D eigenvalue weighted by Gasteiger charge is 2.28. The number of carbonyl (C=O) groups is 2. The van der Waals surface area contributed by atoms with Crippen molar-refractivity contribution in [1.29, 1.82) is 0 Å². The number of carbonyl (C=O) groups excluding carboxylic acids is 2. The summed E-state index contributed by atoms with van der Waals surface area (Å²) in [6, 6.07) is 18.1. The molecule has 0 aromatic heterocycles. The lowest BCUT2D eigenvalue weighted by Gasteiger charge is -2.23. The molecule has 5 heteroatoms. The second-order valence-corrected chi connectivity index (χ2v) is 6.42. The van der Waals surface area contributed by atoms with Crippen LogP contribution >= 0.6 is 0 Å². The molecule has 25 heavy (non-hydrogen) atoms. The van der Waals surface area contributed by atoms with Gasteiger partial charge in [0.15, 0.2) is 0 Å². The zero-order chi connectivity index (χ0) is 18.2. The Balaban J connectivity index is 2.30. The third kappa shape index (κ3) is 5.16. The summed E-state index contributed by atoms with van der Waals surface area (Å²) in [5, 5.41) is 11.7. The van der Waals surface area contributed by atoms with Gasteiger partial charge in [0, 0.05) is 0 Å². The SMILES string of the molecule is CC(C)CC(NC(=O)C(c1ccccc1)c1ccccc1)C(=O)NO. The first-order valence-electron chi connectivity index (χ1n) is 8.37. The van der Waals surface area contributed by atoms with Crippen LogP contribution in [0.25, 0.3) is 0 Å². The lowest BCUT2D eigenvalue weighted by molar-refractivity contribution is -0.135. The van der Waals surface area contributed by atoms with Crippen LogP contribution < -0.4 is 10.8 Å². The highest BCUT2D eigenvalue weighted by Crippen LogP contribution is 2.25. The number of hydroxylamine groups is 1. The Hall–Kier alpha value is -2.66. The Labute approximate surface area is 148 Å². The third-order valence-electron chi connectivity index (χ3n) is 3.98. The average Bonchev–Trinajstić information content (AvgIpc) is 2.62. The molecule has 2 rings (SSSR count). The first-order valence-corrected chi connectivity index (χ1v) is 8.37. The second kappa shape index (κ2) is 8.99. The first-order chi connectivity index (χ1) is 12.0. The number of benzene rings is 2. The van der Waals surface area contributed by atoms with Crippen molar-refractivity contribution in [1.82, 2.24) is 10.8 Å². The molecule has 2 aromatic rings. The van der Waals surface area contributed by atoms with Crippen LogP contribution in [-0.2, 0) is 9.59 Å². The minimum atomic E-state index is -0.785. The molecule has 5 nitrogen and oxygen atoms in total. The number of amides is 2. The number of hydrogen-bond donors (Lipinski definition) is 3. The summed E-state index contributed by atoms with van der Waals surface area (Å²) < 4.78 is 0. The summed E-state index contributed by atoms with van der Waals surface area (Å²) in [7, 11) is 0. The van der Waals surface area contributed by atoms with E-state index in [1.165, 1.54) is 0 Å². The monoisotopic (exact) mass is 340 g/mol. The summed E-state index contributed by atoms with van der Waals surface area (Å²) in [6.45, 7) is 3.91. The van der Waals surface area contributed by atoms with Crippen molar-refractivity contribution in [2.45, 2.75) is 32.2 Å². The van der Waals surface area contributed by atoms with Gasteiger partial charge < -0.3 is 5.32 Å².